The van der Waals surface area contributed by atoms with Crippen LogP contribution in [-0.2, 0) is 32.4 Å². The van der Waals surface area contributed by atoms with E-state index >= 15 is 0 Å². The average molecular weight is 652 g/mol. The first-order valence-electron chi connectivity index (χ1n) is 16.7. The maximum atomic E-state index is 13.1. The van der Waals surface area contributed by atoms with Gasteiger partial charge in [0.1, 0.15) is 11.4 Å². The van der Waals surface area contributed by atoms with Crippen LogP contribution in [0.4, 0.5) is 4.79 Å². The summed E-state index contributed by atoms with van der Waals surface area (Å²) < 4.78 is 28.3. The normalized spacial score (nSPS) is 18.7. The zero-order valence-corrected chi connectivity index (χ0v) is 28.6. The highest BCUT2D eigenvalue weighted by atomic mass is 31.2. The van der Waals surface area contributed by atoms with Crippen molar-refractivity contribution in [1.82, 2.24) is 5.32 Å². The number of hydrogen-bond acceptors (Lipinski definition) is 5. The Balaban J connectivity index is 1.33. The van der Waals surface area contributed by atoms with Gasteiger partial charge in [0, 0.05) is 0 Å². The van der Waals surface area contributed by atoms with E-state index in [9.17, 15) is 19.1 Å². The van der Waals surface area contributed by atoms with Gasteiger partial charge in [-0.25, -0.2) is 9.36 Å². The van der Waals surface area contributed by atoms with Crippen LogP contribution in [0.25, 0.3) is 10.8 Å². The lowest BCUT2D eigenvalue weighted by atomic mass is 9.65. The third-order valence-electron chi connectivity index (χ3n) is 9.84. The minimum atomic E-state index is -4.62. The Labute approximate surface area is 273 Å². The molecular weight excluding hydrogens is 601 g/mol. The summed E-state index contributed by atoms with van der Waals surface area (Å²) >= 11 is 0. The van der Waals surface area contributed by atoms with E-state index < -0.39 is 25.1 Å². The Bertz CT molecular complexity index is 1540. The first-order chi connectivity index (χ1) is 21.7. The lowest BCUT2D eigenvalue weighted by Crippen LogP contribution is -2.46. The van der Waals surface area contributed by atoms with E-state index in [1.54, 1.807) is 6.07 Å². The van der Waals surface area contributed by atoms with Crippen LogP contribution in [0.15, 0.2) is 60.7 Å². The molecule has 0 saturated heterocycles. The van der Waals surface area contributed by atoms with Crippen molar-refractivity contribution >= 4 is 24.7 Å². The van der Waals surface area contributed by atoms with Gasteiger partial charge in [-0.15, -0.1) is 0 Å². The Morgan fingerprint density at radius 1 is 0.891 bits per heavy atom. The Hall–Kier alpha value is -2.90. The van der Waals surface area contributed by atoms with Gasteiger partial charge < -0.3 is 24.6 Å². The molecule has 46 heavy (non-hydrogen) atoms. The minimum absolute atomic E-state index is 0.210. The Morgan fingerprint density at radius 2 is 1.54 bits per heavy atom. The first kappa shape index (κ1) is 34.4. The second-order valence-corrected chi connectivity index (χ2v) is 15.8. The largest absolute Gasteiger partial charge is 0.490 e. The van der Waals surface area contributed by atoms with Crippen molar-refractivity contribution < 1.29 is 33.1 Å². The van der Waals surface area contributed by atoms with Crippen LogP contribution in [0, 0.1) is 5.41 Å². The van der Waals surface area contributed by atoms with E-state index in [4.69, 9.17) is 14.0 Å². The first-order valence-corrected chi connectivity index (χ1v) is 18.2. The van der Waals surface area contributed by atoms with Crippen LogP contribution in [0.5, 0.6) is 5.75 Å². The molecule has 3 N–H and O–H groups in total. The van der Waals surface area contributed by atoms with Crippen molar-refractivity contribution in [2.75, 3.05) is 0 Å². The van der Waals surface area contributed by atoms with Crippen LogP contribution in [0.1, 0.15) is 109 Å². The van der Waals surface area contributed by atoms with Crippen molar-refractivity contribution in [1.29, 1.82) is 0 Å². The highest BCUT2D eigenvalue weighted by molar-refractivity contribution is 7.46. The molecule has 3 aromatic carbocycles. The summed E-state index contributed by atoms with van der Waals surface area (Å²) in [4.78, 5) is 31.5. The number of rotatable bonds is 10. The third kappa shape index (κ3) is 9.34. The molecule has 1 spiro atoms. The molecule has 1 atom stereocenters. The van der Waals surface area contributed by atoms with Gasteiger partial charge in [0.25, 0.3) is 0 Å². The summed E-state index contributed by atoms with van der Waals surface area (Å²) in [6.45, 7) is 7.26. The van der Waals surface area contributed by atoms with Gasteiger partial charge >= 0.3 is 13.9 Å². The summed E-state index contributed by atoms with van der Waals surface area (Å²) in [6, 6.07) is 19.9. The number of phosphoric acid groups is 1. The molecule has 2 aliphatic rings. The number of phosphoric ester groups is 1. The maximum absolute atomic E-state index is 13.1. The number of hydrogen-bond donors (Lipinski definition) is 3. The molecule has 0 heterocycles. The molecule has 1 amide bonds. The zero-order valence-electron chi connectivity index (χ0n) is 27.7. The van der Waals surface area contributed by atoms with Crippen molar-refractivity contribution in [3.63, 3.8) is 0 Å². The molecule has 2 fully saturated rings. The molecule has 8 nitrogen and oxygen atoms in total. The fraction of sp³-hybridized carbons (Fsp3) is 0.541. The van der Waals surface area contributed by atoms with Crippen LogP contribution >= 0.6 is 7.82 Å². The van der Waals surface area contributed by atoms with Gasteiger partial charge in [0.15, 0.2) is 0 Å². The second-order valence-electron chi connectivity index (χ2n) is 14.6. The number of fused-ring (bicyclic) bond motifs is 1. The number of benzene rings is 3. The average Bonchev–Trinajstić information content (AvgIpc) is 2.99. The number of aryl methyl sites for hydroxylation is 1. The lowest BCUT2D eigenvalue weighted by Gasteiger charge is -2.42. The van der Waals surface area contributed by atoms with E-state index in [0.29, 0.717) is 23.8 Å². The lowest BCUT2D eigenvalue weighted by molar-refractivity contribution is 0.0455. The van der Waals surface area contributed by atoms with E-state index in [1.807, 2.05) is 58.0 Å². The van der Waals surface area contributed by atoms with Crippen LogP contribution < -0.4 is 10.1 Å². The monoisotopic (exact) mass is 651 g/mol. The van der Waals surface area contributed by atoms with Gasteiger partial charge in [0.05, 0.1) is 18.2 Å². The number of amides is 1. The molecule has 2 aliphatic carbocycles. The van der Waals surface area contributed by atoms with Gasteiger partial charge in [-0.3, -0.25) is 4.52 Å². The number of alkyl carbamates (subject to hydrolysis) is 1. The second kappa shape index (κ2) is 14.1. The fourth-order valence-corrected chi connectivity index (χ4v) is 7.55. The smallest absolute Gasteiger partial charge is 0.469 e. The standard InChI is InChI=1S/C37H50NO7P/c1-35(2,3)45-34(39)38-36(4,21-16-27-10-6-7-11-30(27)26-43-46(40,41)42)31-14-12-29-25-33(15-13-28(29)24-31)44-32-17-22-37(23-18-32)19-8-5-9-20-37/h6-7,10-15,24-25,32H,5,8-9,16-23,26H2,1-4H3,(H,38,39)(H2,40,41,42)/t36-/m1/s1. The summed E-state index contributed by atoms with van der Waals surface area (Å²) in [5.41, 5.74) is 1.59. The molecular formula is C37H50NO7P. The molecule has 0 aromatic heterocycles. The number of carbonyl (C=O) groups excluding carboxylic acids is 1. The topological polar surface area (TPSA) is 114 Å². The molecule has 2 saturated carbocycles. The van der Waals surface area contributed by atoms with E-state index in [1.165, 1.54) is 44.9 Å². The molecule has 9 heteroatoms. The van der Waals surface area contributed by atoms with E-state index in [-0.39, 0.29) is 12.7 Å². The molecule has 3 aromatic rings. The summed E-state index contributed by atoms with van der Waals surface area (Å²) in [6.07, 6.45) is 12.5. The van der Waals surface area contributed by atoms with Crippen LogP contribution in [-0.4, -0.2) is 27.6 Å². The quantitative estimate of drug-likeness (QED) is 0.187. The predicted molar refractivity (Wildman–Crippen MR) is 181 cm³/mol. The summed E-state index contributed by atoms with van der Waals surface area (Å²) in [7, 11) is -4.62. The minimum Gasteiger partial charge on any atom is -0.490 e. The molecule has 0 radical (unpaired) electrons. The van der Waals surface area contributed by atoms with Gasteiger partial charge in [-0.1, -0.05) is 61.7 Å². The fourth-order valence-electron chi connectivity index (χ4n) is 7.24. The predicted octanol–water partition coefficient (Wildman–Crippen LogP) is 9.09. The highest BCUT2D eigenvalue weighted by Crippen LogP contribution is 2.48. The Kier molecular flexibility index (Phi) is 10.5. The van der Waals surface area contributed by atoms with Crippen molar-refractivity contribution in [2.45, 2.75) is 122 Å². The summed E-state index contributed by atoms with van der Waals surface area (Å²) in [5, 5.41) is 5.24. The van der Waals surface area contributed by atoms with Gasteiger partial charge in [-0.2, -0.15) is 0 Å². The van der Waals surface area contributed by atoms with Gasteiger partial charge in [-0.05, 0) is 130 Å². The third-order valence-corrected chi connectivity index (χ3v) is 10.3. The molecule has 250 valence electrons. The molecule has 0 unspecified atom stereocenters. The zero-order chi connectivity index (χ0) is 33.0. The molecule has 5 rings (SSSR count). The van der Waals surface area contributed by atoms with E-state index in [2.05, 4.69) is 29.6 Å². The number of ether oxygens (including phenoxy) is 2. The van der Waals surface area contributed by atoms with E-state index in [0.717, 1.165) is 40.5 Å². The SMILES string of the molecule is CC(C)(C)OC(=O)N[C@](C)(CCc1ccccc1COP(=O)(O)O)c1ccc2cc(OC3CCC4(CCCCC4)CC3)ccc2c1. The van der Waals surface area contributed by atoms with Crippen molar-refractivity contribution in [3.05, 3.63) is 77.4 Å². The van der Waals surface area contributed by atoms with Crippen LogP contribution in [0.2, 0.25) is 0 Å². The Morgan fingerprint density at radius 3 is 2.22 bits per heavy atom. The van der Waals surface area contributed by atoms with Crippen molar-refractivity contribution in [2.24, 2.45) is 5.41 Å². The molecule has 0 aliphatic heterocycles. The highest BCUT2D eigenvalue weighted by Gasteiger charge is 2.37. The number of carbonyl (C=O) groups is 1. The maximum Gasteiger partial charge on any atom is 0.469 e. The van der Waals surface area contributed by atoms with Crippen LogP contribution in [0.3, 0.4) is 0 Å². The molecule has 0 bridgehead atoms. The summed E-state index contributed by atoms with van der Waals surface area (Å²) in [5.74, 6) is 0.897. The number of nitrogens with one attached hydrogen (secondary N) is 1. The van der Waals surface area contributed by atoms with Gasteiger partial charge in [0.2, 0.25) is 0 Å². The van der Waals surface area contributed by atoms with Crippen molar-refractivity contribution in [3.8, 4) is 5.75 Å².